The molecule has 0 rings (SSSR count). The van der Waals surface area contributed by atoms with Gasteiger partial charge in [-0.25, -0.2) is 12.8 Å². The molecule has 0 aromatic rings. The monoisotopic (exact) mass is 499 g/mol. The van der Waals surface area contributed by atoms with E-state index in [0.29, 0.717) is 0 Å². The molecule has 0 radical (unpaired) electrons. The third-order valence-corrected chi connectivity index (χ3v) is 6.26. The number of quaternary nitrogens is 1. The van der Waals surface area contributed by atoms with Crippen LogP contribution >= 0.6 is 0 Å². The second-order valence-electron chi connectivity index (χ2n) is 6.96. The molecule has 0 N–H and O–H groups in total. The molecule has 1 atom stereocenters. The Morgan fingerprint density at radius 2 is 1.13 bits per heavy atom. The van der Waals surface area contributed by atoms with Crippen molar-refractivity contribution in [2.24, 2.45) is 0 Å². The minimum absolute atomic E-state index is 0.00353. The molecule has 0 aliphatic heterocycles. The molecule has 31 heavy (non-hydrogen) atoms. The number of nitrogens with zero attached hydrogens (tertiary/aromatic N) is 1. The summed E-state index contributed by atoms with van der Waals surface area (Å²) >= 11 is 0. The second-order valence-corrected chi connectivity index (χ2v) is 8.38. The van der Waals surface area contributed by atoms with Gasteiger partial charge in [-0.2, -0.15) is 35.1 Å². The highest BCUT2D eigenvalue weighted by molar-refractivity contribution is 7.86. The zero-order valence-corrected chi connectivity index (χ0v) is 18.8. The summed E-state index contributed by atoms with van der Waals surface area (Å²) in [5.41, 5.74) is 0. The largest absolute Gasteiger partial charge is 0.743 e. The first-order chi connectivity index (χ1) is 13.7. The first-order valence-corrected chi connectivity index (χ1v) is 11.1. The number of rotatable bonds is 12. The molecule has 14 heteroatoms. The Morgan fingerprint density at radius 3 is 1.35 bits per heavy atom. The van der Waals surface area contributed by atoms with Gasteiger partial charge in [-0.15, -0.1) is 0 Å². The molecule has 0 aliphatic carbocycles. The summed E-state index contributed by atoms with van der Waals surface area (Å²) in [4.78, 5) is 0. The van der Waals surface area contributed by atoms with Gasteiger partial charge in [-0.05, 0) is 34.1 Å². The fourth-order valence-electron chi connectivity index (χ4n) is 2.65. The zero-order valence-electron chi connectivity index (χ0n) is 18.0. The lowest BCUT2D eigenvalue weighted by molar-refractivity contribution is -0.921. The number of alkyl halides is 9. The summed E-state index contributed by atoms with van der Waals surface area (Å²) in [5, 5.41) is -7.06. The maximum atomic E-state index is 13.1. The Balaban J connectivity index is 0. The molecule has 4 nitrogen and oxygen atoms in total. The van der Waals surface area contributed by atoms with Crippen LogP contribution < -0.4 is 0 Å². The van der Waals surface area contributed by atoms with Crippen LogP contribution in [0.5, 0.6) is 0 Å². The summed E-state index contributed by atoms with van der Waals surface area (Å²) in [6.07, 6.45) is -5.75. The van der Waals surface area contributed by atoms with Crippen molar-refractivity contribution >= 4 is 10.1 Å². The molecule has 1 unspecified atom stereocenters. The molecule has 0 aliphatic rings. The molecular formula is C17H30F9NO3S. The van der Waals surface area contributed by atoms with Gasteiger partial charge in [0.15, 0.2) is 16.3 Å². The Morgan fingerprint density at radius 1 is 0.774 bits per heavy atom. The molecule has 190 valence electrons. The van der Waals surface area contributed by atoms with Crippen LogP contribution in [0.2, 0.25) is 0 Å². The van der Waals surface area contributed by atoms with Crippen LogP contribution in [0, 0.1) is 0 Å². The van der Waals surface area contributed by atoms with E-state index in [0.717, 1.165) is 0 Å². The minimum Gasteiger partial charge on any atom is -0.743 e. The molecule has 0 spiro atoms. The van der Waals surface area contributed by atoms with Gasteiger partial charge >= 0.3 is 23.0 Å². The average molecular weight is 499 g/mol. The van der Waals surface area contributed by atoms with Crippen molar-refractivity contribution in [3.05, 3.63) is 0 Å². The van der Waals surface area contributed by atoms with Crippen molar-refractivity contribution in [1.82, 2.24) is 0 Å². The Hall–Kier alpha value is -0.760. The summed E-state index contributed by atoms with van der Waals surface area (Å²) in [7, 11) is -7.42. The normalized spacial score (nSPS) is 15.3. The smallest absolute Gasteiger partial charge is 0.402 e. The lowest BCUT2D eigenvalue weighted by Gasteiger charge is -2.38. The van der Waals surface area contributed by atoms with E-state index in [4.69, 9.17) is 0 Å². The van der Waals surface area contributed by atoms with Crippen LogP contribution in [0.15, 0.2) is 0 Å². The molecule has 0 fully saturated rings. The Labute approximate surface area is 177 Å². The first-order valence-electron chi connectivity index (χ1n) is 9.68. The van der Waals surface area contributed by atoms with Crippen LogP contribution in [0.1, 0.15) is 53.9 Å². The van der Waals surface area contributed by atoms with Crippen molar-refractivity contribution in [2.45, 2.75) is 83.1 Å². The van der Waals surface area contributed by atoms with Gasteiger partial charge in [0.05, 0.1) is 26.2 Å². The molecule has 0 aromatic carbocycles. The van der Waals surface area contributed by atoms with Crippen molar-refractivity contribution in [2.75, 3.05) is 26.2 Å². The van der Waals surface area contributed by atoms with Crippen molar-refractivity contribution in [1.29, 1.82) is 0 Å². The van der Waals surface area contributed by atoms with Gasteiger partial charge in [0.2, 0.25) is 0 Å². The van der Waals surface area contributed by atoms with Crippen LogP contribution in [0.25, 0.3) is 0 Å². The van der Waals surface area contributed by atoms with E-state index >= 15 is 0 Å². The van der Waals surface area contributed by atoms with Gasteiger partial charge in [0, 0.05) is 0 Å². The van der Waals surface area contributed by atoms with Crippen LogP contribution in [0.3, 0.4) is 0 Å². The Kier molecular flexibility index (Phi) is 11.9. The van der Waals surface area contributed by atoms with Crippen LogP contribution in [-0.2, 0) is 10.1 Å². The number of hydrogen-bond acceptors (Lipinski definition) is 3. The van der Waals surface area contributed by atoms with Crippen molar-refractivity contribution in [3.8, 4) is 0 Å². The van der Waals surface area contributed by atoms with Gasteiger partial charge in [-0.3, -0.25) is 0 Å². The van der Waals surface area contributed by atoms with Crippen LogP contribution in [0.4, 0.5) is 39.5 Å². The quantitative estimate of drug-likeness (QED) is 0.204. The fraction of sp³-hybridized carbons (Fsp3) is 1.00. The van der Waals surface area contributed by atoms with E-state index in [1.165, 1.54) is 37.6 Å². The second kappa shape index (κ2) is 11.4. The Bertz CT molecular complexity index is 621. The highest BCUT2D eigenvalue weighted by Gasteiger charge is 2.84. The zero-order chi connectivity index (χ0) is 25.5. The first kappa shape index (κ1) is 32.4. The maximum absolute atomic E-state index is 13.1. The topological polar surface area (TPSA) is 57.2 Å². The molecule has 0 heterocycles. The molecule has 0 saturated heterocycles. The third kappa shape index (κ3) is 6.62. The van der Waals surface area contributed by atoms with Crippen LogP contribution in [-0.4, -0.2) is 72.8 Å². The van der Waals surface area contributed by atoms with E-state index in [-0.39, 0.29) is 6.42 Å². The lowest BCUT2D eigenvalue weighted by Crippen LogP contribution is -2.66. The molecule has 0 aromatic heterocycles. The highest BCUT2D eigenvalue weighted by Crippen LogP contribution is 2.55. The van der Waals surface area contributed by atoms with Gasteiger partial charge in [-0.1, -0.05) is 19.8 Å². The fourth-order valence-corrected chi connectivity index (χ4v) is 3.09. The van der Waals surface area contributed by atoms with Crippen molar-refractivity contribution in [3.63, 3.8) is 0 Å². The number of unbranched alkanes of at least 4 members (excludes halogenated alkanes) is 1. The van der Waals surface area contributed by atoms with E-state index in [2.05, 4.69) is 27.7 Å². The standard InChI is InChI=1S/C9H11F9O3S.C8H20N/c1-2-3-4-5(10)6(11,12)7(13,14)8(15,16)9(17,18)22(19,20)21;1-5-9(6-2,7-3)8-4/h5H,2-4H2,1H3,(H,19,20,21);5-8H2,1-4H3/q;+1/p-1. The molecule has 0 amide bonds. The third-order valence-electron chi connectivity index (χ3n) is 5.38. The van der Waals surface area contributed by atoms with E-state index in [1.54, 1.807) is 0 Å². The SMILES string of the molecule is CCCCC(F)C(F)(F)C(F)(F)C(F)(F)C(F)(F)S(=O)(=O)[O-].CC[N+](CC)(CC)CC. The maximum Gasteiger partial charge on any atom is 0.402 e. The van der Waals surface area contributed by atoms with Gasteiger partial charge < -0.3 is 9.04 Å². The molecule has 0 saturated carbocycles. The van der Waals surface area contributed by atoms with E-state index in [1.807, 2.05) is 0 Å². The van der Waals surface area contributed by atoms with Gasteiger partial charge in [0.1, 0.15) is 0 Å². The number of hydrogen-bond donors (Lipinski definition) is 0. The lowest BCUT2D eigenvalue weighted by atomic mass is 9.97. The predicted octanol–water partition coefficient (Wildman–Crippen LogP) is 5.44. The van der Waals surface area contributed by atoms with Crippen molar-refractivity contribution < 1.29 is 57.0 Å². The summed E-state index contributed by atoms with van der Waals surface area (Å²) < 4.78 is 148. The average Bonchev–Trinajstić information content (AvgIpc) is 2.67. The molecular weight excluding hydrogens is 469 g/mol. The highest BCUT2D eigenvalue weighted by atomic mass is 32.2. The van der Waals surface area contributed by atoms with Gasteiger partial charge in [0.25, 0.3) is 0 Å². The minimum atomic E-state index is -7.42. The summed E-state index contributed by atoms with van der Waals surface area (Å²) in [6.45, 7) is 15.5. The predicted molar refractivity (Wildman–Crippen MR) is 96.3 cm³/mol. The number of halogens is 9. The van der Waals surface area contributed by atoms with E-state index < -0.39 is 52.2 Å². The van der Waals surface area contributed by atoms with E-state index in [9.17, 15) is 52.5 Å². The summed E-state index contributed by atoms with van der Waals surface area (Å²) in [6, 6.07) is 0. The summed E-state index contributed by atoms with van der Waals surface area (Å²) in [5.74, 6) is -20.8. The molecule has 0 bridgehead atoms.